The van der Waals surface area contributed by atoms with Crippen LogP contribution in [-0.2, 0) is 9.63 Å². The van der Waals surface area contributed by atoms with E-state index in [1.807, 2.05) is 36.4 Å². The highest BCUT2D eigenvalue weighted by molar-refractivity contribution is 6.53. The first kappa shape index (κ1) is 17.4. The van der Waals surface area contributed by atoms with Crippen molar-refractivity contribution in [3.63, 3.8) is 0 Å². The number of oxime groups is 1. The third kappa shape index (κ3) is 3.47. The number of rotatable bonds is 5. The molecule has 0 bridgehead atoms. The molecule has 3 aromatic carbocycles. The highest BCUT2D eigenvalue weighted by atomic mass is 16.7. The molecule has 0 spiro atoms. The topological polar surface area (TPSA) is 65.0 Å². The molecule has 0 heterocycles. The lowest BCUT2D eigenvalue weighted by Crippen LogP contribution is -2.18. The molecule has 3 aromatic rings. The number of carbonyl (C=O) groups excluding carboxylic acids is 2. The Morgan fingerprint density at radius 2 is 1.58 bits per heavy atom. The number of ether oxygens (including phenoxy) is 1. The van der Waals surface area contributed by atoms with Crippen LogP contribution in [0, 0.1) is 0 Å². The Kier molecular flexibility index (Phi) is 5.08. The third-order valence-corrected chi connectivity index (χ3v) is 3.87. The molecule has 0 aromatic heterocycles. The molecule has 130 valence electrons. The molecule has 0 radical (unpaired) electrons. The van der Waals surface area contributed by atoms with Crippen LogP contribution in [-0.4, -0.2) is 24.6 Å². The van der Waals surface area contributed by atoms with Gasteiger partial charge in [-0.15, -0.1) is 0 Å². The quantitative estimate of drug-likeness (QED) is 0.303. The first-order chi connectivity index (χ1) is 12.6. The molecule has 0 saturated carbocycles. The van der Waals surface area contributed by atoms with E-state index in [9.17, 15) is 9.59 Å². The third-order valence-electron chi connectivity index (χ3n) is 3.87. The monoisotopic (exact) mass is 347 g/mol. The van der Waals surface area contributed by atoms with Gasteiger partial charge in [-0.1, -0.05) is 65.8 Å². The number of carbonyl (C=O) groups is 2. The molecule has 3 rings (SSSR count). The Morgan fingerprint density at radius 3 is 2.27 bits per heavy atom. The Hall–Kier alpha value is -3.47. The van der Waals surface area contributed by atoms with Gasteiger partial charge in [-0.2, -0.15) is 0 Å². The lowest BCUT2D eigenvalue weighted by molar-refractivity contribution is -0.140. The van der Waals surface area contributed by atoms with Gasteiger partial charge in [0, 0.05) is 12.5 Å². The summed E-state index contributed by atoms with van der Waals surface area (Å²) >= 11 is 0. The average Bonchev–Trinajstić information content (AvgIpc) is 2.67. The van der Waals surface area contributed by atoms with Crippen molar-refractivity contribution in [2.24, 2.45) is 5.16 Å². The van der Waals surface area contributed by atoms with Gasteiger partial charge in [-0.3, -0.25) is 4.79 Å². The van der Waals surface area contributed by atoms with Crippen molar-refractivity contribution in [1.82, 2.24) is 0 Å². The average molecular weight is 347 g/mol. The first-order valence-corrected chi connectivity index (χ1v) is 8.03. The van der Waals surface area contributed by atoms with E-state index in [0.29, 0.717) is 16.9 Å². The number of methoxy groups -OCH3 is 1. The van der Waals surface area contributed by atoms with Crippen molar-refractivity contribution < 1.29 is 19.2 Å². The number of benzene rings is 3. The minimum absolute atomic E-state index is 0.0375. The van der Waals surface area contributed by atoms with E-state index in [0.717, 1.165) is 10.8 Å². The number of nitrogens with zero attached hydrogens (tertiary/aromatic N) is 1. The molecular formula is C21H17NO4. The largest absolute Gasteiger partial charge is 0.496 e. The zero-order chi connectivity index (χ0) is 18.5. The Balaban J connectivity index is 2.20. The van der Waals surface area contributed by atoms with Gasteiger partial charge in [0.2, 0.25) is 5.78 Å². The predicted molar refractivity (Wildman–Crippen MR) is 99.6 cm³/mol. The number of fused-ring (bicyclic) bond motifs is 1. The van der Waals surface area contributed by atoms with Gasteiger partial charge >= 0.3 is 5.97 Å². The van der Waals surface area contributed by atoms with Crippen molar-refractivity contribution in [3.8, 4) is 5.75 Å². The maximum absolute atomic E-state index is 13.3. The highest BCUT2D eigenvalue weighted by Gasteiger charge is 2.23. The summed E-state index contributed by atoms with van der Waals surface area (Å²) in [6.07, 6.45) is 0. The summed E-state index contributed by atoms with van der Waals surface area (Å²) in [5, 5.41) is 5.45. The van der Waals surface area contributed by atoms with Crippen LogP contribution < -0.4 is 4.74 Å². The van der Waals surface area contributed by atoms with Gasteiger partial charge in [-0.05, 0) is 16.8 Å². The van der Waals surface area contributed by atoms with Crippen LogP contribution >= 0.6 is 0 Å². The molecule has 0 aliphatic heterocycles. The standard InChI is InChI=1S/C21H17NO4/c1-14(23)26-22-20(16-9-4-3-5-10-16)21(24)19-17-11-7-6-8-15(17)12-13-18(19)25-2/h3-13H,1-2H3/b22-20+. The van der Waals surface area contributed by atoms with Crippen molar-refractivity contribution in [3.05, 3.63) is 77.9 Å². The van der Waals surface area contributed by atoms with E-state index >= 15 is 0 Å². The van der Waals surface area contributed by atoms with E-state index in [1.54, 1.807) is 30.3 Å². The summed E-state index contributed by atoms with van der Waals surface area (Å²) in [6, 6.07) is 20.0. The zero-order valence-electron chi connectivity index (χ0n) is 14.4. The molecule has 26 heavy (non-hydrogen) atoms. The maximum atomic E-state index is 13.3. The van der Waals surface area contributed by atoms with Crippen LogP contribution in [0.5, 0.6) is 5.75 Å². The van der Waals surface area contributed by atoms with Crippen LogP contribution in [0.2, 0.25) is 0 Å². The summed E-state index contributed by atoms with van der Waals surface area (Å²) in [4.78, 5) is 29.3. The Labute approximate surface area is 150 Å². The van der Waals surface area contributed by atoms with Crippen LogP contribution in [0.3, 0.4) is 0 Å². The second-order valence-electron chi connectivity index (χ2n) is 5.58. The first-order valence-electron chi connectivity index (χ1n) is 8.03. The van der Waals surface area contributed by atoms with E-state index in [4.69, 9.17) is 9.57 Å². The molecule has 5 heteroatoms. The fourth-order valence-electron chi connectivity index (χ4n) is 2.71. The molecule has 0 amide bonds. The van der Waals surface area contributed by atoms with Crippen LogP contribution in [0.15, 0.2) is 71.9 Å². The molecule has 0 aliphatic rings. The van der Waals surface area contributed by atoms with Crippen LogP contribution in [0.4, 0.5) is 0 Å². The summed E-state index contributed by atoms with van der Waals surface area (Å²) in [6.45, 7) is 1.23. The summed E-state index contributed by atoms with van der Waals surface area (Å²) in [5.41, 5.74) is 0.963. The molecule has 0 aliphatic carbocycles. The van der Waals surface area contributed by atoms with E-state index in [1.165, 1.54) is 14.0 Å². The van der Waals surface area contributed by atoms with Crippen molar-refractivity contribution in [2.45, 2.75) is 6.92 Å². The summed E-state index contributed by atoms with van der Waals surface area (Å²) in [7, 11) is 1.51. The zero-order valence-corrected chi connectivity index (χ0v) is 14.4. The summed E-state index contributed by atoms with van der Waals surface area (Å²) in [5.74, 6) is -0.553. The van der Waals surface area contributed by atoms with Crippen molar-refractivity contribution >= 4 is 28.2 Å². The van der Waals surface area contributed by atoms with Gasteiger partial charge in [0.15, 0.2) is 5.71 Å². The lowest BCUT2D eigenvalue weighted by Gasteiger charge is -2.12. The highest BCUT2D eigenvalue weighted by Crippen LogP contribution is 2.29. The fourth-order valence-corrected chi connectivity index (χ4v) is 2.71. The van der Waals surface area contributed by atoms with Crippen molar-refractivity contribution in [1.29, 1.82) is 0 Å². The van der Waals surface area contributed by atoms with E-state index < -0.39 is 5.97 Å². The van der Waals surface area contributed by atoms with Gasteiger partial charge in [0.1, 0.15) is 5.75 Å². The molecule has 0 fully saturated rings. The molecular weight excluding hydrogens is 330 g/mol. The van der Waals surface area contributed by atoms with E-state index in [-0.39, 0.29) is 11.5 Å². The van der Waals surface area contributed by atoms with Gasteiger partial charge in [0.25, 0.3) is 0 Å². The van der Waals surface area contributed by atoms with Crippen LogP contribution in [0.1, 0.15) is 22.8 Å². The Bertz CT molecular complexity index is 993. The SMILES string of the molecule is COc1ccc2ccccc2c1C(=O)/C(=N/OC(C)=O)c1ccccc1. The molecule has 0 atom stereocenters. The molecule has 0 unspecified atom stereocenters. The number of ketones is 1. The predicted octanol–water partition coefficient (Wildman–Crippen LogP) is 4.00. The minimum Gasteiger partial charge on any atom is -0.496 e. The number of Topliss-reactive ketones (excluding diaryl/α,β-unsaturated/α-hetero) is 1. The maximum Gasteiger partial charge on any atom is 0.332 e. The molecule has 0 N–H and O–H groups in total. The number of hydrogen-bond donors (Lipinski definition) is 0. The molecule has 5 nitrogen and oxygen atoms in total. The lowest BCUT2D eigenvalue weighted by atomic mass is 9.95. The summed E-state index contributed by atoms with van der Waals surface area (Å²) < 4.78 is 5.40. The van der Waals surface area contributed by atoms with Gasteiger partial charge in [-0.25, -0.2) is 4.79 Å². The second-order valence-corrected chi connectivity index (χ2v) is 5.58. The second kappa shape index (κ2) is 7.61. The normalized spacial score (nSPS) is 11.2. The fraction of sp³-hybridized carbons (Fsp3) is 0.0952. The molecule has 0 saturated heterocycles. The Morgan fingerprint density at radius 1 is 0.885 bits per heavy atom. The van der Waals surface area contributed by atoms with Gasteiger partial charge in [0.05, 0.1) is 12.7 Å². The van der Waals surface area contributed by atoms with Crippen LogP contribution in [0.25, 0.3) is 10.8 Å². The van der Waals surface area contributed by atoms with E-state index in [2.05, 4.69) is 5.16 Å². The number of hydrogen-bond acceptors (Lipinski definition) is 5. The van der Waals surface area contributed by atoms with Gasteiger partial charge < -0.3 is 9.57 Å². The smallest absolute Gasteiger partial charge is 0.332 e. The van der Waals surface area contributed by atoms with Crippen molar-refractivity contribution in [2.75, 3.05) is 7.11 Å². The minimum atomic E-state index is -0.601.